The molecule has 0 aromatic rings. The summed E-state index contributed by atoms with van der Waals surface area (Å²) in [6, 6.07) is -0.925. The lowest BCUT2D eigenvalue weighted by Crippen LogP contribution is -2.47. The van der Waals surface area contributed by atoms with Crippen molar-refractivity contribution in [2.75, 3.05) is 40.9 Å². The standard InChI is InChI=1S/C58H101N2O7P/c1-7-10-13-16-19-22-25-27-29-30-31-32-35-38-41-44-47-50-57(61)59-55(54-66-68(63,64)65-53-52-60(4,5)6)56(49-46-43-40-37-34-24-21-18-15-12-9-3)67-58(62)51-48-45-42-39-36-33-28-26-23-20-17-14-11-8-2/h10-11,13-14,19-20,22-23,27,29,31-32,38,41,46,49,55-56H,7-9,12,15-18,21,24-26,28,30,33-37,39-40,42-45,47-48,50-54H2,1-6H3,(H-,59,61,63,64)/b13-10-,14-11+,22-19-,23-20+,29-27-,32-31-,41-38-,49-46+. The largest absolute Gasteiger partial charge is 0.756 e. The van der Waals surface area contributed by atoms with Gasteiger partial charge in [-0.15, -0.1) is 0 Å². The molecule has 68 heavy (non-hydrogen) atoms. The van der Waals surface area contributed by atoms with E-state index in [9.17, 15) is 19.0 Å². The van der Waals surface area contributed by atoms with E-state index in [0.29, 0.717) is 23.9 Å². The first-order valence-electron chi connectivity index (χ1n) is 27.0. The van der Waals surface area contributed by atoms with Crippen LogP contribution in [0.5, 0.6) is 0 Å². The van der Waals surface area contributed by atoms with E-state index >= 15 is 0 Å². The highest BCUT2D eigenvalue weighted by atomic mass is 31.2. The topological polar surface area (TPSA) is 114 Å². The fourth-order valence-corrected chi connectivity index (χ4v) is 7.85. The number of hydrogen-bond acceptors (Lipinski definition) is 7. The number of hydrogen-bond donors (Lipinski definition) is 1. The van der Waals surface area contributed by atoms with E-state index in [4.69, 9.17) is 13.8 Å². The molecule has 0 saturated heterocycles. The Labute approximate surface area is 418 Å². The van der Waals surface area contributed by atoms with Crippen LogP contribution in [0.25, 0.3) is 0 Å². The number of ether oxygens (including phenoxy) is 1. The summed E-state index contributed by atoms with van der Waals surface area (Å²) in [5.41, 5.74) is 0. The zero-order valence-corrected chi connectivity index (χ0v) is 45.2. The number of quaternary nitrogens is 1. The molecule has 0 fully saturated rings. The molecule has 0 saturated carbocycles. The molecule has 1 N–H and O–H groups in total. The van der Waals surface area contributed by atoms with Crippen molar-refractivity contribution >= 4 is 19.7 Å². The van der Waals surface area contributed by atoms with Gasteiger partial charge in [-0.05, 0) is 96.0 Å². The van der Waals surface area contributed by atoms with Crippen molar-refractivity contribution in [2.45, 2.75) is 219 Å². The van der Waals surface area contributed by atoms with Gasteiger partial charge in [-0.1, -0.05) is 195 Å². The average Bonchev–Trinajstić information content (AvgIpc) is 3.29. The summed E-state index contributed by atoms with van der Waals surface area (Å²) >= 11 is 0. The number of rotatable bonds is 47. The maximum absolute atomic E-state index is 13.4. The van der Waals surface area contributed by atoms with Crippen molar-refractivity contribution in [3.05, 3.63) is 97.2 Å². The van der Waals surface area contributed by atoms with Crippen LogP contribution in [-0.4, -0.2) is 69.4 Å². The molecule has 0 spiro atoms. The van der Waals surface area contributed by atoms with Crippen LogP contribution in [0.1, 0.15) is 207 Å². The monoisotopic (exact) mass is 969 g/mol. The molecule has 0 radical (unpaired) electrons. The highest BCUT2D eigenvalue weighted by molar-refractivity contribution is 7.45. The fraction of sp³-hybridized carbons (Fsp3) is 0.690. The molecule has 3 unspecified atom stereocenters. The average molecular weight is 969 g/mol. The zero-order valence-electron chi connectivity index (χ0n) is 44.3. The molecule has 0 bridgehead atoms. The summed E-state index contributed by atoms with van der Waals surface area (Å²) < 4.78 is 30.1. The van der Waals surface area contributed by atoms with Gasteiger partial charge in [0.15, 0.2) is 0 Å². The number of phosphoric ester groups is 1. The lowest BCUT2D eigenvalue weighted by molar-refractivity contribution is -0.870. The van der Waals surface area contributed by atoms with Crippen LogP contribution in [-0.2, 0) is 27.9 Å². The Morgan fingerprint density at radius 2 is 0.956 bits per heavy atom. The van der Waals surface area contributed by atoms with E-state index in [2.05, 4.69) is 111 Å². The molecule has 10 heteroatoms. The van der Waals surface area contributed by atoms with Crippen LogP contribution < -0.4 is 10.2 Å². The van der Waals surface area contributed by atoms with Gasteiger partial charge in [-0.25, -0.2) is 0 Å². The maximum Gasteiger partial charge on any atom is 0.306 e. The van der Waals surface area contributed by atoms with Crippen LogP contribution in [0, 0.1) is 0 Å². The van der Waals surface area contributed by atoms with E-state index in [1.54, 1.807) is 6.08 Å². The van der Waals surface area contributed by atoms with E-state index in [0.717, 1.165) is 96.3 Å². The SMILES string of the molecule is CC/C=C\C/C=C\C/C=C\C/C=C\C/C=C\CCCC(=O)NC(COP(=O)([O-])OCC[N+](C)(C)C)C(/C=C/CCCCCCCCCCC)OC(=O)CCCCCCCCC/C=C/C/C=C/CC. The number of unbranched alkanes of at least 4 members (excludes halogenated alkanes) is 17. The number of nitrogens with zero attached hydrogens (tertiary/aromatic N) is 1. The molecule has 0 aliphatic carbocycles. The van der Waals surface area contributed by atoms with E-state index in [1.165, 1.54) is 64.2 Å². The minimum absolute atomic E-state index is 0.0390. The molecular formula is C58H101N2O7P. The number of phosphoric acid groups is 1. The lowest BCUT2D eigenvalue weighted by atomic mass is 10.1. The molecule has 1 amide bonds. The Morgan fingerprint density at radius 3 is 1.44 bits per heavy atom. The van der Waals surface area contributed by atoms with E-state index < -0.39 is 26.6 Å². The molecule has 3 atom stereocenters. The Hall–Kier alpha value is -3.07. The highest BCUT2D eigenvalue weighted by Gasteiger charge is 2.27. The van der Waals surface area contributed by atoms with Gasteiger partial charge in [0, 0.05) is 12.8 Å². The first kappa shape index (κ1) is 64.9. The number of nitrogens with one attached hydrogen (secondary N) is 1. The lowest BCUT2D eigenvalue weighted by Gasteiger charge is -2.30. The second-order valence-electron chi connectivity index (χ2n) is 19.0. The van der Waals surface area contributed by atoms with Crippen LogP contribution in [0.2, 0.25) is 0 Å². The minimum Gasteiger partial charge on any atom is -0.756 e. The highest BCUT2D eigenvalue weighted by Crippen LogP contribution is 2.38. The number of carbonyl (C=O) groups excluding carboxylic acids is 2. The Kier molecular flexibility index (Phi) is 45.5. The maximum atomic E-state index is 13.4. The molecule has 0 aromatic heterocycles. The van der Waals surface area contributed by atoms with Gasteiger partial charge in [-0.2, -0.15) is 0 Å². The van der Waals surface area contributed by atoms with Crippen LogP contribution >= 0.6 is 7.82 Å². The minimum atomic E-state index is -4.71. The van der Waals surface area contributed by atoms with Gasteiger partial charge in [-0.3, -0.25) is 14.2 Å². The van der Waals surface area contributed by atoms with Crippen LogP contribution in [0.4, 0.5) is 0 Å². The van der Waals surface area contributed by atoms with Gasteiger partial charge < -0.3 is 28.5 Å². The summed E-state index contributed by atoms with van der Waals surface area (Å²) in [7, 11) is 1.13. The first-order valence-corrected chi connectivity index (χ1v) is 28.5. The second-order valence-corrected chi connectivity index (χ2v) is 20.4. The normalized spacial score (nSPS) is 14.6. The molecule has 0 heterocycles. The summed E-state index contributed by atoms with van der Waals surface area (Å²) in [5, 5.41) is 2.97. The van der Waals surface area contributed by atoms with Gasteiger partial charge in [0.05, 0.1) is 33.8 Å². The third kappa shape index (κ3) is 48.0. The molecule has 0 aliphatic heterocycles. The van der Waals surface area contributed by atoms with Gasteiger partial charge in [0.1, 0.15) is 19.3 Å². The predicted octanol–water partition coefficient (Wildman–Crippen LogP) is 15.4. The zero-order chi connectivity index (χ0) is 50.1. The second kappa shape index (κ2) is 47.6. The molecular weight excluding hydrogens is 868 g/mol. The van der Waals surface area contributed by atoms with E-state index in [1.807, 2.05) is 27.2 Å². The molecule has 0 aliphatic rings. The summed E-state index contributed by atoms with van der Waals surface area (Å²) in [5.74, 6) is -0.628. The van der Waals surface area contributed by atoms with Crippen molar-refractivity contribution in [2.24, 2.45) is 0 Å². The third-order valence-electron chi connectivity index (χ3n) is 11.3. The Balaban J connectivity index is 5.48. The van der Waals surface area contributed by atoms with Crippen molar-refractivity contribution in [1.82, 2.24) is 5.32 Å². The molecule has 0 rings (SSSR count). The molecule has 9 nitrogen and oxygen atoms in total. The smallest absolute Gasteiger partial charge is 0.306 e. The number of amides is 1. The van der Waals surface area contributed by atoms with Crippen LogP contribution in [0.15, 0.2) is 97.2 Å². The Morgan fingerprint density at radius 1 is 0.529 bits per heavy atom. The Bertz CT molecular complexity index is 1490. The number of allylic oxidation sites excluding steroid dienone is 15. The number of carbonyl (C=O) groups is 2. The molecule has 0 aromatic carbocycles. The van der Waals surface area contributed by atoms with Crippen molar-refractivity contribution < 1.29 is 37.3 Å². The fourth-order valence-electron chi connectivity index (χ4n) is 7.12. The van der Waals surface area contributed by atoms with Gasteiger partial charge in [0.25, 0.3) is 7.82 Å². The number of likely N-dealkylation sites (N-methyl/N-ethyl adjacent to an activating group) is 1. The first-order chi connectivity index (χ1) is 32.9. The third-order valence-corrected chi connectivity index (χ3v) is 12.2. The molecule has 390 valence electrons. The van der Waals surface area contributed by atoms with Crippen molar-refractivity contribution in [3.63, 3.8) is 0 Å². The summed E-state index contributed by atoms with van der Waals surface area (Å²) in [4.78, 5) is 39.7. The quantitative estimate of drug-likeness (QED) is 0.0212. The van der Waals surface area contributed by atoms with Gasteiger partial charge >= 0.3 is 5.97 Å². The number of esters is 1. The van der Waals surface area contributed by atoms with Crippen molar-refractivity contribution in [3.8, 4) is 0 Å². The van der Waals surface area contributed by atoms with Gasteiger partial charge in [0.2, 0.25) is 5.91 Å². The predicted molar refractivity (Wildman–Crippen MR) is 288 cm³/mol. The summed E-state index contributed by atoms with van der Waals surface area (Å²) in [6.45, 7) is 6.54. The van der Waals surface area contributed by atoms with Crippen LogP contribution in [0.3, 0.4) is 0 Å². The van der Waals surface area contributed by atoms with Crippen molar-refractivity contribution in [1.29, 1.82) is 0 Å². The van der Waals surface area contributed by atoms with E-state index in [-0.39, 0.29) is 31.3 Å². The summed E-state index contributed by atoms with van der Waals surface area (Å²) in [6.07, 6.45) is 62.4.